The Hall–Kier alpha value is -2.86. The van der Waals surface area contributed by atoms with E-state index in [2.05, 4.69) is 0 Å². The fourth-order valence-corrected chi connectivity index (χ4v) is 2.74. The van der Waals surface area contributed by atoms with Crippen molar-refractivity contribution in [3.8, 4) is 5.75 Å². The first-order valence-corrected chi connectivity index (χ1v) is 8.33. The Kier molecular flexibility index (Phi) is 6.74. The van der Waals surface area contributed by atoms with Gasteiger partial charge in [-0.15, -0.1) is 0 Å². The molecule has 2 atom stereocenters. The second kappa shape index (κ2) is 9.01. The quantitative estimate of drug-likeness (QED) is 0.541. The minimum atomic E-state index is -0.825. The van der Waals surface area contributed by atoms with Crippen molar-refractivity contribution in [1.82, 2.24) is 0 Å². The summed E-state index contributed by atoms with van der Waals surface area (Å²) in [6.45, 7) is 0. The highest BCUT2D eigenvalue weighted by atomic mass is 16.3. The maximum absolute atomic E-state index is 11.8. The molecule has 2 rings (SSSR count). The number of rotatable bonds is 9. The molecule has 0 fully saturated rings. The first-order valence-electron chi connectivity index (χ1n) is 8.33. The monoisotopic (exact) mass is 355 g/mol. The largest absolute Gasteiger partial charge is 0.508 e. The van der Waals surface area contributed by atoms with E-state index in [0.717, 1.165) is 5.56 Å². The Morgan fingerprint density at radius 3 is 2.38 bits per heavy atom. The van der Waals surface area contributed by atoms with Gasteiger partial charge in [0.25, 0.3) is 0 Å². The zero-order valence-electron chi connectivity index (χ0n) is 14.3. The third kappa shape index (κ3) is 5.60. The molecule has 2 amide bonds. The van der Waals surface area contributed by atoms with E-state index in [9.17, 15) is 19.8 Å². The van der Waals surface area contributed by atoms with Gasteiger partial charge in [0, 0.05) is 11.5 Å². The van der Waals surface area contributed by atoms with Crippen molar-refractivity contribution in [2.24, 2.45) is 17.4 Å². The summed E-state index contributed by atoms with van der Waals surface area (Å²) in [6, 6.07) is 13.8. The Balaban J connectivity index is 2.01. The average Bonchev–Trinajstić information content (AvgIpc) is 2.61. The van der Waals surface area contributed by atoms with Crippen molar-refractivity contribution in [2.45, 2.75) is 25.4 Å². The number of hydrogen-bond donors (Lipinski definition) is 4. The lowest BCUT2D eigenvalue weighted by atomic mass is 9.90. The van der Waals surface area contributed by atoms with Gasteiger partial charge in [-0.3, -0.25) is 9.59 Å². The van der Waals surface area contributed by atoms with Crippen LogP contribution in [-0.2, 0) is 17.6 Å². The van der Waals surface area contributed by atoms with Crippen LogP contribution >= 0.6 is 0 Å². The number of phenols is 1. The molecular formula is C20H23N2O4. The molecule has 0 aliphatic rings. The van der Waals surface area contributed by atoms with Crippen molar-refractivity contribution in [3.05, 3.63) is 71.6 Å². The zero-order chi connectivity index (χ0) is 19.1. The molecule has 0 heterocycles. The molecule has 2 aromatic rings. The summed E-state index contributed by atoms with van der Waals surface area (Å²) in [7, 11) is 0. The summed E-state index contributed by atoms with van der Waals surface area (Å²) in [5.74, 6) is -1.95. The summed E-state index contributed by atoms with van der Waals surface area (Å²) in [5.41, 5.74) is 12.4. The van der Waals surface area contributed by atoms with Gasteiger partial charge in [-0.1, -0.05) is 30.3 Å². The average molecular weight is 355 g/mol. The maximum atomic E-state index is 11.8. The normalized spacial score (nSPS) is 13.1. The highest BCUT2D eigenvalue weighted by Crippen LogP contribution is 2.24. The van der Waals surface area contributed by atoms with Crippen LogP contribution in [0.1, 0.15) is 27.9 Å². The third-order valence-electron chi connectivity index (χ3n) is 4.23. The number of aliphatic hydroxyl groups is 1. The van der Waals surface area contributed by atoms with Gasteiger partial charge in [0.05, 0.1) is 6.10 Å². The number of amides is 2. The second-order valence-corrected chi connectivity index (χ2v) is 6.24. The molecule has 6 N–H and O–H groups in total. The standard InChI is InChI=1S/C20H23N2O4/c21-19(25)14-7-9-18(24)15(10-14)11-16(20(22)26)12-17(23)8-6-13-4-2-1-3-5-13/h1-5,7-10,16-17,23-24H,6,11-12H2,(H2,21,25)(H2,22,26). The summed E-state index contributed by atoms with van der Waals surface area (Å²) >= 11 is 0. The molecule has 0 saturated carbocycles. The number of carbonyl (C=O) groups is 2. The van der Waals surface area contributed by atoms with E-state index in [1.165, 1.54) is 18.2 Å². The Morgan fingerprint density at radius 1 is 1.08 bits per heavy atom. The van der Waals surface area contributed by atoms with Crippen molar-refractivity contribution in [1.29, 1.82) is 0 Å². The van der Waals surface area contributed by atoms with Gasteiger partial charge >= 0.3 is 0 Å². The van der Waals surface area contributed by atoms with Crippen LogP contribution in [-0.4, -0.2) is 28.1 Å². The minimum absolute atomic E-state index is 0.0518. The number of primary amides is 2. The van der Waals surface area contributed by atoms with E-state index in [4.69, 9.17) is 11.5 Å². The Bertz CT molecular complexity index is 762. The molecule has 0 spiro atoms. The molecule has 6 heteroatoms. The van der Waals surface area contributed by atoms with E-state index >= 15 is 0 Å². The molecule has 137 valence electrons. The first kappa shape index (κ1) is 19.5. The third-order valence-corrected chi connectivity index (χ3v) is 4.23. The molecule has 2 unspecified atom stereocenters. The van der Waals surface area contributed by atoms with E-state index < -0.39 is 23.8 Å². The molecule has 0 bridgehead atoms. The van der Waals surface area contributed by atoms with Gasteiger partial charge in [-0.2, -0.15) is 0 Å². The fourth-order valence-electron chi connectivity index (χ4n) is 2.74. The molecule has 6 nitrogen and oxygen atoms in total. The minimum Gasteiger partial charge on any atom is -0.508 e. The molecular weight excluding hydrogens is 332 g/mol. The summed E-state index contributed by atoms with van der Waals surface area (Å²) in [6.07, 6.45) is 1.69. The second-order valence-electron chi connectivity index (χ2n) is 6.24. The summed E-state index contributed by atoms with van der Waals surface area (Å²) in [4.78, 5) is 23.1. The van der Waals surface area contributed by atoms with Gasteiger partial charge in [0.1, 0.15) is 5.75 Å². The highest BCUT2D eigenvalue weighted by Gasteiger charge is 2.22. The molecule has 0 aliphatic heterocycles. The number of benzene rings is 2. The topological polar surface area (TPSA) is 127 Å². The van der Waals surface area contributed by atoms with Crippen LogP contribution < -0.4 is 11.5 Å². The fraction of sp³-hybridized carbons (Fsp3) is 0.250. The Labute approximate surface area is 152 Å². The first-order chi connectivity index (χ1) is 12.4. The van der Waals surface area contributed by atoms with E-state index in [0.29, 0.717) is 12.0 Å². The van der Waals surface area contributed by atoms with Gasteiger partial charge < -0.3 is 21.7 Å². The number of nitrogens with two attached hydrogens (primary N) is 2. The van der Waals surface area contributed by atoms with Crippen molar-refractivity contribution in [2.75, 3.05) is 0 Å². The highest BCUT2D eigenvalue weighted by molar-refractivity contribution is 5.93. The van der Waals surface area contributed by atoms with Crippen LogP contribution in [0.3, 0.4) is 0 Å². The number of aliphatic hydroxyl groups excluding tert-OH is 1. The van der Waals surface area contributed by atoms with Crippen LogP contribution in [0.25, 0.3) is 0 Å². The van der Waals surface area contributed by atoms with Crippen LogP contribution in [0.2, 0.25) is 0 Å². The van der Waals surface area contributed by atoms with Gasteiger partial charge in [-0.25, -0.2) is 0 Å². The number of hydrogen-bond acceptors (Lipinski definition) is 4. The molecule has 0 aliphatic carbocycles. The summed E-state index contributed by atoms with van der Waals surface area (Å²) < 4.78 is 0. The van der Waals surface area contributed by atoms with Gasteiger partial charge in [0.2, 0.25) is 11.8 Å². The van der Waals surface area contributed by atoms with Crippen LogP contribution in [0.4, 0.5) is 0 Å². The van der Waals surface area contributed by atoms with E-state index in [-0.39, 0.29) is 24.2 Å². The van der Waals surface area contributed by atoms with E-state index in [1.807, 2.05) is 30.3 Å². The SMILES string of the molecule is NC(=O)c1ccc(O)c(CC(CC(O)[CH]Cc2ccccc2)C(N)=O)c1. The lowest BCUT2D eigenvalue weighted by molar-refractivity contribution is -0.122. The van der Waals surface area contributed by atoms with Crippen LogP contribution in [0.15, 0.2) is 48.5 Å². The predicted octanol–water partition coefficient (Wildman–Crippen LogP) is 1.33. The van der Waals surface area contributed by atoms with E-state index in [1.54, 1.807) is 6.42 Å². The molecule has 0 saturated heterocycles. The van der Waals surface area contributed by atoms with Crippen LogP contribution in [0.5, 0.6) is 5.75 Å². The zero-order valence-corrected chi connectivity index (χ0v) is 14.3. The van der Waals surface area contributed by atoms with Gasteiger partial charge in [0.15, 0.2) is 0 Å². The maximum Gasteiger partial charge on any atom is 0.248 e. The lowest BCUT2D eigenvalue weighted by Crippen LogP contribution is -2.29. The van der Waals surface area contributed by atoms with Crippen molar-refractivity contribution in [3.63, 3.8) is 0 Å². The summed E-state index contributed by atoms with van der Waals surface area (Å²) in [5, 5.41) is 20.2. The van der Waals surface area contributed by atoms with Crippen LogP contribution in [0, 0.1) is 12.3 Å². The Morgan fingerprint density at radius 2 is 1.77 bits per heavy atom. The number of aromatic hydroxyl groups is 1. The van der Waals surface area contributed by atoms with Gasteiger partial charge in [-0.05, 0) is 55.0 Å². The smallest absolute Gasteiger partial charge is 0.248 e. The molecule has 0 aromatic heterocycles. The number of phenolic OH excluding ortho intramolecular Hbond substituents is 1. The van der Waals surface area contributed by atoms with Crippen molar-refractivity contribution < 1.29 is 19.8 Å². The lowest BCUT2D eigenvalue weighted by Gasteiger charge is -2.18. The molecule has 2 aromatic carbocycles. The molecule has 1 radical (unpaired) electrons. The predicted molar refractivity (Wildman–Crippen MR) is 98.1 cm³/mol. The molecule has 26 heavy (non-hydrogen) atoms. The van der Waals surface area contributed by atoms with Crippen molar-refractivity contribution >= 4 is 11.8 Å². The number of carbonyl (C=O) groups excluding carboxylic acids is 2.